The Morgan fingerprint density at radius 3 is 2.50 bits per heavy atom. The summed E-state index contributed by atoms with van der Waals surface area (Å²) in [6.45, 7) is 4.35. The monoisotopic (exact) mass is 297 g/mol. The fourth-order valence-corrected chi connectivity index (χ4v) is 2.04. The van der Waals surface area contributed by atoms with Gasteiger partial charge in [-0.15, -0.1) is 0 Å². The molecule has 4 heteroatoms. The third kappa shape index (κ3) is 3.95. The van der Waals surface area contributed by atoms with E-state index in [0.717, 1.165) is 17.7 Å². The lowest BCUT2D eigenvalue weighted by molar-refractivity contribution is 0.0692. The summed E-state index contributed by atoms with van der Waals surface area (Å²) in [5.74, 6) is -0.634. The summed E-state index contributed by atoms with van der Waals surface area (Å²) in [4.78, 5) is 15.6. The molecule has 22 heavy (non-hydrogen) atoms. The van der Waals surface area contributed by atoms with Crippen molar-refractivity contribution in [3.8, 4) is 5.75 Å². The molecule has 0 bridgehead atoms. The van der Waals surface area contributed by atoms with Crippen LogP contribution in [0.15, 0.2) is 47.5 Å². The van der Waals surface area contributed by atoms with Gasteiger partial charge in [0.2, 0.25) is 0 Å². The van der Waals surface area contributed by atoms with Crippen LogP contribution in [0.3, 0.4) is 0 Å². The number of carboxylic acid groups (broad SMARTS) is 1. The van der Waals surface area contributed by atoms with Gasteiger partial charge in [0.15, 0.2) is 0 Å². The van der Waals surface area contributed by atoms with E-state index in [-0.39, 0.29) is 5.56 Å². The molecule has 0 amide bonds. The Morgan fingerprint density at radius 2 is 1.91 bits per heavy atom. The van der Waals surface area contributed by atoms with E-state index in [2.05, 4.69) is 11.9 Å². The number of ether oxygens (including phenoxy) is 1. The van der Waals surface area contributed by atoms with Crippen molar-refractivity contribution in [1.29, 1.82) is 0 Å². The fourth-order valence-electron chi connectivity index (χ4n) is 2.04. The molecule has 0 aliphatic heterocycles. The summed E-state index contributed by atoms with van der Waals surface area (Å²) >= 11 is 0. The molecule has 1 N–H and O–H groups in total. The van der Waals surface area contributed by atoms with Gasteiger partial charge in [0.05, 0.1) is 12.3 Å². The molecule has 2 rings (SSSR count). The lowest BCUT2D eigenvalue weighted by Gasteiger charge is -2.07. The van der Waals surface area contributed by atoms with Crippen LogP contribution in [0.1, 0.15) is 35.3 Å². The van der Waals surface area contributed by atoms with E-state index in [9.17, 15) is 9.90 Å². The zero-order valence-electron chi connectivity index (χ0n) is 12.7. The Bertz CT molecular complexity index is 675. The number of aryl methyl sites for hydroxylation is 1. The Labute approximate surface area is 130 Å². The molecule has 0 atom stereocenters. The zero-order valence-corrected chi connectivity index (χ0v) is 12.7. The number of carboxylic acids is 1. The minimum absolute atomic E-state index is 0.145. The molecule has 4 nitrogen and oxygen atoms in total. The highest BCUT2D eigenvalue weighted by Gasteiger charge is 2.11. The van der Waals surface area contributed by atoms with Crippen LogP contribution in [0.25, 0.3) is 0 Å². The number of benzene rings is 2. The van der Waals surface area contributed by atoms with E-state index < -0.39 is 5.97 Å². The average Bonchev–Trinajstić information content (AvgIpc) is 2.54. The predicted octanol–water partition coefficient (Wildman–Crippen LogP) is 4.10. The van der Waals surface area contributed by atoms with Crippen molar-refractivity contribution < 1.29 is 14.6 Å². The summed E-state index contributed by atoms with van der Waals surface area (Å²) in [6.07, 6.45) is 2.65. The van der Waals surface area contributed by atoms with Crippen LogP contribution in [0, 0.1) is 0 Å². The highest BCUT2D eigenvalue weighted by atomic mass is 16.5. The molecule has 0 saturated carbocycles. The first-order valence-corrected chi connectivity index (χ1v) is 7.27. The van der Waals surface area contributed by atoms with Crippen molar-refractivity contribution >= 4 is 17.9 Å². The van der Waals surface area contributed by atoms with Crippen LogP contribution in [0.2, 0.25) is 0 Å². The van der Waals surface area contributed by atoms with Crippen molar-refractivity contribution in [1.82, 2.24) is 0 Å². The molecule has 2 aromatic carbocycles. The molecule has 0 heterocycles. The maximum Gasteiger partial charge on any atom is 0.339 e. The van der Waals surface area contributed by atoms with Crippen LogP contribution in [0.4, 0.5) is 5.69 Å². The van der Waals surface area contributed by atoms with Crippen molar-refractivity contribution in [2.24, 2.45) is 4.99 Å². The van der Waals surface area contributed by atoms with Crippen LogP contribution in [-0.4, -0.2) is 23.9 Å². The van der Waals surface area contributed by atoms with Gasteiger partial charge in [-0.25, -0.2) is 4.79 Å². The third-order valence-corrected chi connectivity index (χ3v) is 3.24. The third-order valence-electron chi connectivity index (χ3n) is 3.24. The zero-order chi connectivity index (χ0) is 15.9. The van der Waals surface area contributed by atoms with Gasteiger partial charge in [0.25, 0.3) is 0 Å². The number of rotatable bonds is 6. The van der Waals surface area contributed by atoms with Crippen molar-refractivity contribution in [3.63, 3.8) is 0 Å². The van der Waals surface area contributed by atoms with E-state index in [1.165, 1.54) is 5.56 Å². The summed E-state index contributed by atoms with van der Waals surface area (Å²) in [7, 11) is 0. The molecule has 0 aliphatic rings. The first-order valence-electron chi connectivity index (χ1n) is 7.27. The second-order valence-electron chi connectivity index (χ2n) is 4.77. The molecular formula is C18H19NO3. The highest BCUT2D eigenvalue weighted by molar-refractivity contribution is 5.94. The molecule has 0 saturated heterocycles. The van der Waals surface area contributed by atoms with Crippen molar-refractivity contribution in [3.05, 3.63) is 59.2 Å². The lowest BCUT2D eigenvalue weighted by atomic mass is 10.1. The van der Waals surface area contributed by atoms with Gasteiger partial charge >= 0.3 is 5.97 Å². The Hall–Kier alpha value is -2.62. The van der Waals surface area contributed by atoms with Gasteiger partial charge in [-0.3, -0.25) is 4.99 Å². The average molecular weight is 297 g/mol. The molecule has 114 valence electrons. The number of hydrogen-bond donors (Lipinski definition) is 1. The van der Waals surface area contributed by atoms with Crippen LogP contribution in [0.5, 0.6) is 5.75 Å². The topological polar surface area (TPSA) is 58.9 Å². The number of carbonyl (C=O) groups is 1. The second kappa shape index (κ2) is 7.41. The van der Waals surface area contributed by atoms with E-state index in [0.29, 0.717) is 12.4 Å². The summed E-state index contributed by atoms with van der Waals surface area (Å²) in [6, 6.07) is 13.0. The maximum atomic E-state index is 11.3. The SMILES string of the molecule is CCOc1ccc(C=Nc2ccc(CC)cc2)cc1C(=O)O. The van der Waals surface area contributed by atoms with Crippen molar-refractivity contribution in [2.75, 3.05) is 6.61 Å². The Balaban J connectivity index is 2.23. The number of aliphatic imine (C=N–C) groups is 1. The van der Waals surface area contributed by atoms with Crippen molar-refractivity contribution in [2.45, 2.75) is 20.3 Å². The molecule has 0 aliphatic carbocycles. The standard InChI is InChI=1S/C18H19NO3/c1-3-13-5-8-15(9-6-13)19-12-14-7-10-17(22-4-2)16(11-14)18(20)21/h5-12H,3-4H2,1-2H3,(H,20,21). The molecule has 0 radical (unpaired) electrons. The summed E-state index contributed by atoms with van der Waals surface area (Å²) < 4.78 is 5.32. The van der Waals surface area contributed by atoms with E-state index in [1.807, 2.05) is 31.2 Å². The van der Waals surface area contributed by atoms with Gasteiger partial charge < -0.3 is 9.84 Å². The van der Waals surface area contributed by atoms with E-state index >= 15 is 0 Å². The van der Waals surface area contributed by atoms with E-state index in [4.69, 9.17) is 4.74 Å². The van der Waals surface area contributed by atoms with Gasteiger partial charge in [0, 0.05) is 6.21 Å². The fraction of sp³-hybridized carbons (Fsp3) is 0.222. The van der Waals surface area contributed by atoms with Gasteiger partial charge in [-0.2, -0.15) is 0 Å². The molecule has 0 spiro atoms. The van der Waals surface area contributed by atoms with Gasteiger partial charge in [0.1, 0.15) is 11.3 Å². The number of aromatic carboxylic acids is 1. The normalized spacial score (nSPS) is 10.8. The Morgan fingerprint density at radius 1 is 1.18 bits per heavy atom. The molecule has 0 unspecified atom stereocenters. The van der Waals surface area contributed by atoms with Crippen LogP contribution in [-0.2, 0) is 6.42 Å². The Kier molecular flexibility index (Phi) is 5.31. The summed E-state index contributed by atoms with van der Waals surface area (Å²) in [5, 5.41) is 9.24. The molecular weight excluding hydrogens is 278 g/mol. The lowest BCUT2D eigenvalue weighted by Crippen LogP contribution is -2.03. The first-order chi connectivity index (χ1) is 10.6. The van der Waals surface area contributed by atoms with Crippen LogP contribution < -0.4 is 4.74 Å². The minimum atomic E-state index is -1.01. The largest absolute Gasteiger partial charge is 0.493 e. The number of nitrogens with zero attached hydrogens (tertiary/aromatic N) is 1. The van der Waals surface area contributed by atoms with E-state index in [1.54, 1.807) is 24.4 Å². The maximum absolute atomic E-state index is 11.3. The minimum Gasteiger partial charge on any atom is -0.493 e. The predicted molar refractivity (Wildman–Crippen MR) is 87.6 cm³/mol. The highest BCUT2D eigenvalue weighted by Crippen LogP contribution is 2.20. The summed E-state index contributed by atoms with van der Waals surface area (Å²) in [5.41, 5.74) is 2.96. The van der Waals surface area contributed by atoms with Gasteiger partial charge in [-0.05, 0) is 54.8 Å². The molecule has 2 aromatic rings. The van der Waals surface area contributed by atoms with Crippen LogP contribution >= 0.6 is 0 Å². The molecule has 0 fully saturated rings. The number of hydrogen-bond acceptors (Lipinski definition) is 3. The quantitative estimate of drug-likeness (QED) is 0.817. The first kappa shape index (κ1) is 15.8. The van der Waals surface area contributed by atoms with Gasteiger partial charge in [-0.1, -0.05) is 19.1 Å². The smallest absolute Gasteiger partial charge is 0.339 e. The second-order valence-corrected chi connectivity index (χ2v) is 4.77. The molecule has 0 aromatic heterocycles.